The van der Waals surface area contributed by atoms with Gasteiger partial charge in [-0.25, -0.2) is 4.39 Å². The molecule has 80 valence electrons. The Morgan fingerprint density at radius 3 is 3.00 bits per heavy atom. The molecule has 0 fully saturated rings. The minimum Gasteiger partial charge on any atom is -0.486 e. The van der Waals surface area contributed by atoms with Crippen LogP contribution in [0, 0.1) is 5.82 Å². The summed E-state index contributed by atoms with van der Waals surface area (Å²) in [6.07, 6.45) is 0. The summed E-state index contributed by atoms with van der Waals surface area (Å²) in [5, 5.41) is 0. The van der Waals surface area contributed by atoms with E-state index in [0.717, 1.165) is 0 Å². The molecule has 1 amide bonds. The first-order valence-electron chi connectivity index (χ1n) is 4.49. The molecule has 5 heteroatoms. The zero-order valence-electron chi connectivity index (χ0n) is 8.09. The first-order chi connectivity index (χ1) is 7.09. The van der Waals surface area contributed by atoms with Crippen molar-refractivity contribution in [3.63, 3.8) is 0 Å². The van der Waals surface area contributed by atoms with Crippen LogP contribution in [0.5, 0.6) is 5.75 Å². The zero-order valence-corrected chi connectivity index (χ0v) is 9.67. The largest absolute Gasteiger partial charge is 0.486 e. The van der Waals surface area contributed by atoms with Crippen LogP contribution in [0.2, 0.25) is 0 Å². The number of carbonyl (C=O) groups is 1. The van der Waals surface area contributed by atoms with Gasteiger partial charge in [0.2, 0.25) is 5.91 Å². The summed E-state index contributed by atoms with van der Waals surface area (Å²) in [4.78, 5) is 12.8. The standard InChI is InChI=1S/C10H9BrFNO2/c1-6(14)13-2-3-15-10-8(12)4-7(11)5-9(10)13/h4-5H,2-3H2,1H3. The van der Waals surface area contributed by atoms with Crippen molar-refractivity contribution in [3.05, 3.63) is 22.4 Å². The molecule has 0 aromatic heterocycles. The predicted octanol–water partition coefficient (Wildman–Crippen LogP) is 2.33. The van der Waals surface area contributed by atoms with E-state index in [1.165, 1.54) is 17.9 Å². The highest BCUT2D eigenvalue weighted by atomic mass is 79.9. The number of carbonyl (C=O) groups excluding carboxylic acids is 1. The number of rotatable bonds is 0. The fourth-order valence-corrected chi connectivity index (χ4v) is 1.99. The van der Waals surface area contributed by atoms with Crippen molar-refractivity contribution in [1.82, 2.24) is 0 Å². The summed E-state index contributed by atoms with van der Waals surface area (Å²) in [6.45, 7) is 2.23. The Kier molecular flexibility index (Phi) is 2.65. The van der Waals surface area contributed by atoms with E-state index in [1.807, 2.05) is 0 Å². The number of fused-ring (bicyclic) bond motifs is 1. The van der Waals surface area contributed by atoms with Crippen molar-refractivity contribution < 1.29 is 13.9 Å². The summed E-state index contributed by atoms with van der Waals surface area (Å²) < 4.78 is 19.3. The van der Waals surface area contributed by atoms with Crippen molar-refractivity contribution in [3.8, 4) is 5.75 Å². The van der Waals surface area contributed by atoms with Crippen LogP contribution in [-0.4, -0.2) is 19.1 Å². The Hall–Kier alpha value is -1.10. The van der Waals surface area contributed by atoms with Crippen LogP contribution in [0.3, 0.4) is 0 Å². The van der Waals surface area contributed by atoms with Gasteiger partial charge in [-0.1, -0.05) is 15.9 Å². The second-order valence-electron chi connectivity index (χ2n) is 3.25. The number of hydrogen-bond donors (Lipinski definition) is 0. The molecule has 0 bridgehead atoms. The number of amides is 1. The van der Waals surface area contributed by atoms with Crippen molar-refractivity contribution >= 4 is 27.5 Å². The maximum absolute atomic E-state index is 13.5. The summed E-state index contributed by atoms with van der Waals surface area (Å²) in [5.41, 5.74) is 0.487. The average Bonchev–Trinajstić information content (AvgIpc) is 2.16. The van der Waals surface area contributed by atoms with Crippen molar-refractivity contribution in [2.24, 2.45) is 0 Å². The van der Waals surface area contributed by atoms with Crippen molar-refractivity contribution in [2.45, 2.75) is 6.92 Å². The van der Waals surface area contributed by atoms with E-state index in [9.17, 15) is 9.18 Å². The van der Waals surface area contributed by atoms with Crippen LogP contribution < -0.4 is 9.64 Å². The molecule has 1 aliphatic rings. The molecule has 1 aromatic carbocycles. The first kappa shape index (κ1) is 10.4. The smallest absolute Gasteiger partial charge is 0.224 e. The van der Waals surface area contributed by atoms with Gasteiger partial charge in [-0.15, -0.1) is 0 Å². The zero-order chi connectivity index (χ0) is 11.0. The Morgan fingerprint density at radius 1 is 1.60 bits per heavy atom. The fraction of sp³-hybridized carbons (Fsp3) is 0.300. The maximum atomic E-state index is 13.5. The van der Waals surface area contributed by atoms with Crippen LogP contribution in [0.25, 0.3) is 0 Å². The lowest BCUT2D eigenvalue weighted by atomic mass is 10.2. The van der Waals surface area contributed by atoms with Crippen LogP contribution in [-0.2, 0) is 4.79 Å². The summed E-state index contributed by atoms with van der Waals surface area (Å²) >= 11 is 3.18. The molecule has 1 aromatic rings. The van der Waals surface area contributed by atoms with Gasteiger partial charge in [0, 0.05) is 11.4 Å². The molecule has 0 unspecified atom stereocenters. The molecule has 0 spiro atoms. The number of anilines is 1. The molecule has 0 saturated carbocycles. The molecule has 0 radical (unpaired) electrons. The van der Waals surface area contributed by atoms with Gasteiger partial charge < -0.3 is 9.64 Å². The molecule has 1 aliphatic heterocycles. The van der Waals surface area contributed by atoms with E-state index in [0.29, 0.717) is 23.3 Å². The molecule has 0 saturated heterocycles. The van der Waals surface area contributed by atoms with Crippen molar-refractivity contribution in [2.75, 3.05) is 18.1 Å². The number of ether oxygens (including phenoxy) is 1. The molecule has 3 nitrogen and oxygen atoms in total. The Balaban J connectivity index is 2.55. The lowest BCUT2D eigenvalue weighted by molar-refractivity contribution is -0.116. The van der Waals surface area contributed by atoms with Gasteiger partial charge in [0.1, 0.15) is 6.61 Å². The number of halogens is 2. The normalized spacial score (nSPS) is 14.5. The summed E-state index contributed by atoms with van der Waals surface area (Å²) in [6, 6.07) is 3.00. The van der Waals surface area contributed by atoms with E-state index in [2.05, 4.69) is 15.9 Å². The monoisotopic (exact) mass is 273 g/mol. The first-order valence-corrected chi connectivity index (χ1v) is 5.29. The quantitative estimate of drug-likeness (QED) is 0.726. The van der Waals surface area contributed by atoms with E-state index >= 15 is 0 Å². The molecule has 0 atom stereocenters. The second-order valence-corrected chi connectivity index (χ2v) is 4.17. The molecule has 2 rings (SSSR count). The third kappa shape index (κ3) is 1.84. The third-order valence-electron chi connectivity index (χ3n) is 2.22. The van der Waals surface area contributed by atoms with Gasteiger partial charge in [0.05, 0.1) is 12.2 Å². The molecule has 0 N–H and O–H groups in total. The predicted molar refractivity (Wildman–Crippen MR) is 57.6 cm³/mol. The number of benzene rings is 1. The van der Waals surface area contributed by atoms with Gasteiger partial charge in [-0.05, 0) is 12.1 Å². The van der Waals surface area contributed by atoms with Gasteiger partial charge in [-0.3, -0.25) is 4.79 Å². The van der Waals surface area contributed by atoms with Crippen molar-refractivity contribution in [1.29, 1.82) is 0 Å². The summed E-state index contributed by atoms with van der Waals surface area (Å²) in [5.74, 6) is -0.415. The highest BCUT2D eigenvalue weighted by Gasteiger charge is 2.24. The van der Waals surface area contributed by atoms with E-state index in [4.69, 9.17) is 4.74 Å². The van der Waals surface area contributed by atoms with Gasteiger partial charge in [-0.2, -0.15) is 0 Å². The number of hydrogen-bond acceptors (Lipinski definition) is 2. The Bertz CT molecular complexity index is 422. The van der Waals surface area contributed by atoms with E-state index < -0.39 is 5.82 Å². The molecular weight excluding hydrogens is 265 g/mol. The highest BCUT2D eigenvalue weighted by Crippen LogP contribution is 2.36. The van der Waals surface area contributed by atoms with Gasteiger partial charge >= 0.3 is 0 Å². The number of nitrogens with zero attached hydrogens (tertiary/aromatic N) is 1. The van der Waals surface area contributed by atoms with Crippen LogP contribution in [0.4, 0.5) is 10.1 Å². The molecule has 1 heterocycles. The van der Waals surface area contributed by atoms with Gasteiger partial charge in [0.15, 0.2) is 11.6 Å². The van der Waals surface area contributed by atoms with E-state index in [-0.39, 0.29) is 11.7 Å². The second kappa shape index (κ2) is 3.81. The average molecular weight is 274 g/mol. The molecule has 0 aliphatic carbocycles. The Morgan fingerprint density at radius 2 is 2.33 bits per heavy atom. The maximum Gasteiger partial charge on any atom is 0.224 e. The summed E-state index contributed by atoms with van der Waals surface area (Å²) in [7, 11) is 0. The Labute approximate surface area is 95.0 Å². The van der Waals surface area contributed by atoms with Crippen LogP contribution in [0.15, 0.2) is 16.6 Å². The molecular formula is C10H9BrFNO2. The van der Waals surface area contributed by atoms with E-state index in [1.54, 1.807) is 6.07 Å². The van der Waals surface area contributed by atoms with Gasteiger partial charge in [0.25, 0.3) is 0 Å². The lowest BCUT2D eigenvalue weighted by Crippen LogP contribution is -2.36. The molecule has 15 heavy (non-hydrogen) atoms. The highest BCUT2D eigenvalue weighted by molar-refractivity contribution is 9.10. The topological polar surface area (TPSA) is 29.5 Å². The van der Waals surface area contributed by atoms with Crippen LogP contribution in [0.1, 0.15) is 6.92 Å². The SMILES string of the molecule is CC(=O)N1CCOc2c(F)cc(Br)cc21. The minimum absolute atomic E-state index is 0.114. The lowest BCUT2D eigenvalue weighted by Gasteiger charge is -2.28. The minimum atomic E-state index is -0.453. The van der Waals surface area contributed by atoms with Crippen LogP contribution >= 0.6 is 15.9 Å². The third-order valence-corrected chi connectivity index (χ3v) is 2.68. The fourth-order valence-electron chi connectivity index (χ4n) is 1.58.